The smallest absolute Gasteiger partial charge is 0.163 e. The Bertz CT molecular complexity index is 667. The molecule has 0 aliphatic carbocycles. The van der Waals surface area contributed by atoms with Gasteiger partial charge in [-0.3, -0.25) is 4.79 Å². The Morgan fingerprint density at radius 2 is 2.22 bits per heavy atom. The third-order valence-corrected chi connectivity index (χ3v) is 2.69. The summed E-state index contributed by atoms with van der Waals surface area (Å²) in [5.74, 6) is -0.664. The van der Waals surface area contributed by atoms with Crippen molar-refractivity contribution in [2.45, 2.75) is 13.8 Å². The first-order valence-electron chi connectivity index (χ1n) is 5.30. The van der Waals surface area contributed by atoms with Gasteiger partial charge in [-0.05, 0) is 32.0 Å². The third-order valence-electron chi connectivity index (χ3n) is 2.69. The van der Waals surface area contributed by atoms with Gasteiger partial charge in [0.25, 0.3) is 0 Å². The van der Waals surface area contributed by atoms with E-state index in [2.05, 4.69) is 5.10 Å². The number of Topliss-reactive ketones (excluding diaryl/α,β-unsaturated/α-hetero) is 1. The van der Waals surface area contributed by atoms with Crippen molar-refractivity contribution in [1.82, 2.24) is 9.78 Å². The van der Waals surface area contributed by atoms with Crippen LogP contribution in [0.4, 0.5) is 4.39 Å². The molecule has 18 heavy (non-hydrogen) atoms. The van der Waals surface area contributed by atoms with E-state index >= 15 is 0 Å². The lowest BCUT2D eigenvalue weighted by Crippen LogP contribution is -2.03. The first-order valence-corrected chi connectivity index (χ1v) is 5.30. The standard InChI is InChI=1S/C13H10FN3O/c1-8-11(9(2)18)7-16-17(8)13-4-3-10(6-15)5-12(13)14/h3-5,7H,1-2H3. The van der Waals surface area contributed by atoms with Crippen LogP contribution in [0.5, 0.6) is 0 Å². The Morgan fingerprint density at radius 1 is 1.50 bits per heavy atom. The Labute approximate surface area is 103 Å². The second-order valence-electron chi connectivity index (χ2n) is 3.89. The third kappa shape index (κ3) is 1.89. The number of carbonyl (C=O) groups excluding carboxylic acids is 1. The summed E-state index contributed by atoms with van der Waals surface area (Å²) in [4.78, 5) is 11.3. The number of nitriles is 1. The van der Waals surface area contributed by atoms with Crippen molar-refractivity contribution >= 4 is 5.78 Å². The molecular weight excluding hydrogens is 233 g/mol. The van der Waals surface area contributed by atoms with E-state index in [1.807, 2.05) is 6.07 Å². The molecule has 0 bridgehead atoms. The normalized spacial score (nSPS) is 10.1. The molecule has 5 heteroatoms. The Kier molecular flexibility index (Phi) is 2.94. The highest BCUT2D eigenvalue weighted by Gasteiger charge is 2.14. The highest BCUT2D eigenvalue weighted by Crippen LogP contribution is 2.18. The summed E-state index contributed by atoms with van der Waals surface area (Å²) in [6.07, 6.45) is 1.41. The van der Waals surface area contributed by atoms with Crippen molar-refractivity contribution in [3.05, 3.63) is 47.0 Å². The molecule has 0 saturated carbocycles. The average Bonchev–Trinajstić information content (AvgIpc) is 2.71. The number of hydrogen-bond acceptors (Lipinski definition) is 3. The molecule has 1 aromatic heterocycles. The number of halogens is 1. The molecule has 0 radical (unpaired) electrons. The van der Waals surface area contributed by atoms with Gasteiger partial charge in [-0.2, -0.15) is 10.4 Å². The zero-order valence-electron chi connectivity index (χ0n) is 9.94. The van der Waals surface area contributed by atoms with Gasteiger partial charge in [-0.25, -0.2) is 9.07 Å². The SMILES string of the molecule is CC(=O)c1cnn(-c2ccc(C#N)cc2F)c1C. The lowest BCUT2D eigenvalue weighted by atomic mass is 10.2. The van der Waals surface area contributed by atoms with Crippen molar-refractivity contribution < 1.29 is 9.18 Å². The molecule has 0 aliphatic heterocycles. The van der Waals surface area contributed by atoms with E-state index in [9.17, 15) is 9.18 Å². The molecule has 0 spiro atoms. The highest BCUT2D eigenvalue weighted by atomic mass is 19.1. The fourth-order valence-corrected chi connectivity index (χ4v) is 1.75. The van der Waals surface area contributed by atoms with Crippen molar-refractivity contribution in [3.63, 3.8) is 0 Å². The van der Waals surface area contributed by atoms with E-state index < -0.39 is 5.82 Å². The molecule has 1 aromatic carbocycles. The van der Waals surface area contributed by atoms with E-state index in [0.717, 1.165) is 6.07 Å². The zero-order valence-corrected chi connectivity index (χ0v) is 9.94. The second kappa shape index (κ2) is 4.41. The van der Waals surface area contributed by atoms with Crippen LogP contribution < -0.4 is 0 Å². The summed E-state index contributed by atoms with van der Waals surface area (Å²) < 4.78 is 15.2. The molecule has 4 nitrogen and oxygen atoms in total. The van der Waals surface area contributed by atoms with Crippen LogP contribution in [0.3, 0.4) is 0 Å². The van der Waals surface area contributed by atoms with Crippen LogP contribution in [0.2, 0.25) is 0 Å². The van der Waals surface area contributed by atoms with E-state index in [0.29, 0.717) is 11.3 Å². The van der Waals surface area contributed by atoms with Crippen LogP contribution in [-0.4, -0.2) is 15.6 Å². The van der Waals surface area contributed by atoms with Crippen LogP contribution in [0.15, 0.2) is 24.4 Å². The number of benzene rings is 1. The minimum absolute atomic E-state index is 0.118. The Hall–Kier alpha value is -2.48. The van der Waals surface area contributed by atoms with E-state index in [-0.39, 0.29) is 17.0 Å². The molecule has 0 amide bonds. The molecule has 0 atom stereocenters. The maximum absolute atomic E-state index is 13.8. The predicted molar refractivity (Wildman–Crippen MR) is 63.0 cm³/mol. The van der Waals surface area contributed by atoms with Gasteiger partial charge in [0.2, 0.25) is 0 Å². The van der Waals surface area contributed by atoms with Gasteiger partial charge < -0.3 is 0 Å². The topological polar surface area (TPSA) is 58.7 Å². The number of rotatable bonds is 2. The molecule has 0 fully saturated rings. The van der Waals surface area contributed by atoms with Gasteiger partial charge in [0.1, 0.15) is 11.5 Å². The number of carbonyl (C=O) groups is 1. The second-order valence-corrected chi connectivity index (χ2v) is 3.89. The van der Waals surface area contributed by atoms with Crippen molar-refractivity contribution in [2.75, 3.05) is 0 Å². The first kappa shape index (κ1) is 12.0. The minimum atomic E-state index is -0.546. The van der Waals surface area contributed by atoms with E-state index in [4.69, 9.17) is 5.26 Å². The fraction of sp³-hybridized carbons (Fsp3) is 0.154. The first-order chi connectivity index (χ1) is 8.54. The molecule has 1 heterocycles. The molecule has 0 aliphatic rings. The van der Waals surface area contributed by atoms with E-state index in [1.54, 1.807) is 6.92 Å². The number of aromatic nitrogens is 2. The zero-order chi connectivity index (χ0) is 13.3. The molecule has 0 unspecified atom stereocenters. The Balaban J connectivity index is 2.57. The van der Waals surface area contributed by atoms with E-state index in [1.165, 1.54) is 29.9 Å². The van der Waals surface area contributed by atoms with Crippen LogP contribution >= 0.6 is 0 Å². The quantitative estimate of drug-likeness (QED) is 0.761. The van der Waals surface area contributed by atoms with Gasteiger partial charge in [0.15, 0.2) is 5.78 Å². The highest BCUT2D eigenvalue weighted by molar-refractivity contribution is 5.95. The minimum Gasteiger partial charge on any atom is -0.294 e. The van der Waals surface area contributed by atoms with Gasteiger partial charge >= 0.3 is 0 Å². The van der Waals surface area contributed by atoms with Gasteiger partial charge in [-0.15, -0.1) is 0 Å². The van der Waals surface area contributed by atoms with Crippen LogP contribution in [0, 0.1) is 24.1 Å². The number of hydrogen-bond donors (Lipinski definition) is 0. The lowest BCUT2D eigenvalue weighted by Gasteiger charge is -2.06. The number of nitrogens with zero attached hydrogens (tertiary/aromatic N) is 3. The molecule has 2 rings (SSSR count). The molecular formula is C13H10FN3O. The maximum atomic E-state index is 13.8. The Morgan fingerprint density at radius 3 is 2.72 bits per heavy atom. The van der Waals surface area contributed by atoms with Crippen LogP contribution in [-0.2, 0) is 0 Å². The fourth-order valence-electron chi connectivity index (χ4n) is 1.75. The molecule has 0 N–H and O–H groups in total. The monoisotopic (exact) mass is 243 g/mol. The lowest BCUT2D eigenvalue weighted by molar-refractivity contribution is 0.101. The average molecular weight is 243 g/mol. The predicted octanol–water partition coefficient (Wildman–Crippen LogP) is 2.39. The van der Waals surface area contributed by atoms with Gasteiger partial charge in [-0.1, -0.05) is 0 Å². The summed E-state index contributed by atoms with van der Waals surface area (Å²) in [6, 6.07) is 5.98. The van der Waals surface area contributed by atoms with Crippen LogP contribution in [0.1, 0.15) is 28.5 Å². The summed E-state index contributed by atoms with van der Waals surface area (Å²) in [6.45, 7) is 3.13. The largest absolute Gasteiger partial charge is 0.294 e. The maximum Gasteiger partial charge on any atom is 0.163 e. The summed E-state index contributed by atoms with van der Waals surface area (Å²) in [5.41, 5.74) is 1.50. The van der Waals surface area contributed by atoms with Crippen LogP contribution in [0.25, 0.3) is 5.69 Å². The number of ketones is 1. The van der Waals surface area contributed by atoms with Crippen molar-refractivity contribution in [1.29, 1.82) is 5.26 Å². The summed E-state index contributed by atoms with van der Waals surface area (Å²) in [7, 11) is 0. The summed E-state index contributed by atoms with van der Waals surface area (Å²) in [5, 5.41) is 12.7. The summed E-state index contributed by atoms with van der Waals surface area (Å²) >= 11 is 0. The molecule has 2 aromatic rings. The molecule has 0 saturated heterocycles. The van der Waals surface area contributed by atoms with Crippen molar-refractivity contribution in [2.24, 2.45) is 0 Å². The van der Waals surface area contributed by atoms with Gasteiger partial charge in [0.05, 0.1) is 29.1 Å². The van der Waals surface area contributed by atoms with Gasteiger partial charge in [0, 0.05) is 0 Å². The molecule has 90 valence electrons. The van der Waals surface area contributed by atoms with Crippen molar-refractivity contribution in [3.8, 4) is 11.8 Å².